The van der Waals surface area contributed by atoms with E-state index in [0.717, 1.165) is 29.5 Å². The quantitative estimate of drug-likeness (QED) is 0.334. The van der Waals surface area contributed by atoms with E-state index in [9.17, 15) is 23.1 Å². The van der Waals surface area contributed by atoms with Crippen LogP contribution in [0.5, 0.6) is 11.5 Å². The van der Waals surface area contributed by atoms with E-state index in [-0.39, 0.29) is 29.2 Å². The molecule has 0 aliphatic rings. The first-order valence-corrected chi connectivity index (χ1v) is 11.9. The summed E-state index contributed by atoms with van der Waals surface area (Å²) in [7, 11) is 0. The molecule has 0 aliphatic carbocycles. The molecule has 0 amide bonds. The number of ether oxygens (including phenoxy) is 1. The number of aliphatic hydroxyl groups is 1. The lowest BCUT2D eigenvalue weighted by atomic mass is 9.90. The number of hydrogen-bond donors (Lipinski definition) is 3. The highest BCUT2D eigenvalue weighted by Gasteiger charge is 2.54. The van der Waals surface area contributed by atoms with Crippen molar-refractivity contribution in [3.63, 3.8) is 0 Å². The van der Waals surface area contributed by atoms with Gasteiger partial charge < -0.3 is 20.7 Å². The minimum Gasteiger partial charge on any atom is -0.480 e. The zero-order valence-corrected chi connectivity index (χ0v) is 20.2. The van der Waals surface area contributed by atoms with Crippen LogP contribution in [0.25, 0.3) is 0 Å². The van der Waals surface area contributed by atoms with Crippen molar-refractivity contribution in [1.29, 1.82) is 0 Å². The first kappa shape index (κ1) is 29.1. The molecule has 0 aromatic heterocycles. The van der Waals surface area contributed by atoms with Crippen LogP contribution in [-0.4, -0.2) is 39.9 Å². The highest BCUT2D eigenvalue weighted by atomic mass is 35.5. The average molecular weight is 508 g/mol. The molecule has 0 heterocycles. The van der Waals surface area contributed by atoms with E-state index in [1.807, 2.05) is 20.8 Å². The van der Waals surface area contributed by atoms with Crippen LogP contribution in [-0.2, 0) is 10.4 Å². The highest BCUT2D eigenvalue weighted by molar-refractivity contribution is 7.99. The number of benzene rings is 2. The van der Waals surface area contributed by atoms with Crippen LogP contribution in [0.3, 0.4) is 0 Å². The molecule has 0 saturated carbocycles. The maximum Gasteiger partial charge on any atom is 0.421 e. The number of carboxylic acids is 1. The minimum absolute atomic E-state index is 0.0282. The van der Waals surface area contributed by atoms with Gasteiger partial charge in [-0.15, -0.1) is 0 Å². The molecule has 2 rings (SSSR count). The van der Waals surface area contributed by atoms with Gasteiger partial charge >= 0.3 is 12.1 Å². The van der Waals surface area contributed by atoms with Gasteiger partial charge in [0.15, 0.2) is 5.60 Å². The second-order valence-corrected chi connectivity index (χ2v) is 8.65. The molecule has 0 spiro atoms. The molecule has 0 bridgehead atoms. The number of rotatable bonds is 10. The van der Waals surface area contributed by atoms with Crippen LogP contribution in [0.4, 0.5) is 13.2 Å². The van der Waals surface area contributed by atoms with E-state index in [4.69, 9.17) is 27.2 Å². The van der Waals surface area contributed by atoms with E-state index in [1.165, 1.54) is 12.1 Å². The van der Waals surface area contributed by atoms with Gasteiger partial charge in [-0.3, -0.25) is 4.79 Å². The topological polar surface area (TPSA) is 92.8 Å². The Balaban J connectivity index is 0.00000265. The molecule has 5 nitrogen and oxygen atoms in total. The molecule has 10 heteroatoms. The van der Waals surface area contributed by atoms with Gasteiger partial charge in [0.2, 0.25) is 0 Å². The first-order chi connectivity index (χ1) is 15.4. The molecular formula is C23H29ClF3NO4S. The molecule has 33 heavy (non-hydrogen) atoms. The van der Waals surface area contributed by atoms with Crippen LogP contribution < -0.4 is 10.5 Å². The molecule has 0 fully saturated rings. The smallest absolute Gasteiger partial charge is 0.421 e. The molecule has 2 atom stereocenters. The third-order valence-electron chi connectivity index (χ3n) is 4.61. The van der Waals surface area contributed by atoms with Crippen molar-refractivity contribution in [2.24, 2.45) is 5.73 Å². The van der Waals surface area contributed by atoms with E-state index >= 15 is 0 Å². The number of aliphatic carboxylic acids is 1. The Labute approximate surface area is 201 Å². The van der Waals surface area contributed by atoms with Crippen molar-refractivity contribution in [1.82, 2.24) is 0 Å². The fourth-order valence-electron chi connectivity index (χ4n) is 2.72. The highest BCUT2D eigenvalue weighted by Crippen LogP contribution is 2.43. The SMILES string of the molecule is CC.Cc1ccc(Oc2ccc(C(O)(CCSCCC(N)C(=O)O)C(F)(F)F)cc2)c(Cl)c1. The fraction of sp³-hybridized carbons (Fsp3) is 0.435. The first-order valence-electron chi connectivity index (χ1n) is 10.3. The lowest BCUT2D eigenvalue weighted by Crippen LogP contribution is -2.42. The number of thioether (sulfide) groups is 1. The Bertz CT molecular complexity index is 896. The molecule has 0 aliphatic heterocycles. The standard InChI is InChI=1S/C21H23ClF3NO4S.C2H6/c1-13-2-7-18(16(22)12-13)30-15-5-3-14(4-6-15)20(29,21(23,24)25)9-11-31-10-8-17(26)19(27)28;1-2/h2-7,12,17,29H,8-11,26H2,1H3,(H,27,28);1-2H3. The summed E-state index contributed by atoms with van der Waals surface area (Å²) in [5.74, 6) is -0.287. The second kappa shape index (κ2) is 13.1. The number of aryl methyl sites for hydroxylation is 1. The van der Waals surface area contributed by atoms with Crippen LogP contribution in [0.2, 0.25) is 5.02 Å². The fourth-order valence-corrected chi connectivity index (χ4v) is 4.06. The lowest BCUT2D eigenvalue weighted by Gasteiger charge is -2.31. The molecule has 2 unspecified atom stereocenters. The van der Waals surface area contributed by atoms with Crippen molar-refractivity contribution >= 4 is 29.3 Å². The summed E-state index contributed by atoms with van der Waals surface area (Å²) in [6.07, 6.45) is -5.36. The second-order valence-electron chi connectivity index (χ2n) is 7.01. The monoisotopic (exact) mass is 507 g/mol. The van der Waals surface area contributed by atoms with E-state index in [2.05, 4.69) is 0 Å². The summed E-state index contributed by atoms with van der Waals surface area (Å²) >= 11 is 7.21. The van der Waals surface area contributed by atoms with Crippen molar-refractivity contribution in [2.75, 3.05) is 11.5 Å². The summed E-state index contributed by atoms with van der Waals surface area (Å²) in [6.45, 7) is 5.86. The summed E-state index contributed by atoms with van der Waals surface area (Å²) in [6, 6.07) is 9.08. The Kier molecular flexibility index (Phi) is 11.5. The lowest BCUT2D eigenvalue weighted by molar-refractivity contribution is -0.267. The molecular weight excluding hydrogens is 479 g/mol. The predicted octanol–water partition coefficient (Wildman–Crippen LogP) is 6.14. The minimum atomic E-state index is -4.90. The van der Waals surface area contributed by atoms with Gasteiger partial charge in [0.1, 0.15) is 17.5 Å². The van der Waals surface area contributed by atoms with E-state index < -0.39 is 30.2 Å². The Hall–Kier alpha value is -1.94. The molecule has 2 aromatic rings. The number of alkyl halides is 3. The number of carboxylic acid groups (broad SMARTS) is 1. The predicted molar refractivity (Wildman–Crippen MR) is 126 cm³/mol. The van der Waals surface area contributed by atoms with Gasteiger partial charge in [0.25, 0.3) is 0 Å². The molecule has 0 radical (unpaired) electrons. The Morgan fingerprint density at radius 1 is 1.15 bits per heavy atom. The summed E-state index contributed by atoms with van der Waals surface area (Å²) in [5, 5.41) is 19.5. The van der Waals surface area contributed by atoms with Gasteiger partial charge in [-0.05, 0) is 66.7 Å². The number of hydrogen-bond acceptors (Lipinski definition) is 5. The number of nitrogens with two attached hydrogens (primary N) is 1. The average Bonchev–Trinajstić information content (AvgIpc) is 2.76. The number of carbonyl (C=O) groups is 1. The molecule has 184 valence electrons. The van der Waals surface area contributed by atoms with Crippen LogP contribution in [0.15, 0.2) is 42.5 Å². The van der Waals surface area contributed by atoms with Crippen molar-refractivity contribution in [2.45, 2.75) is 51.4 Å². The van der Waals surface area contributed by atoms with Gasteiger partial charge in [0.05, 0.1) is 5.02 Å². The summed E-state index contributed by atoms with van der Waals surface area (Å²) in [4.78, 5) is 10.7. The number of halogens is 4. The Morgan fingerprint density at radius 3 is 2.27 bits per heavy atom. The Morgan fingerprint density at radius 2 is 1.76 bits per heavy atom. The van der Waals surface area contributed by atoms with Crippen LogP contribution >= 0.6 is 23.4 Å². The maximum absolute atomic E-state index is 13.7. The largest absolute Gasteiger partial charge is 0.480 e. The van der Waals surface area contributed by atoms with Gasteiger partial charge in [-0.1, -0.05) is 43.6 Å². The van der Waals surface area contributed by atoms with Crippen molar-refractivity contribution in [3.05, 3.63) is 58.6 Å². The summed E-state index contributed by atoms with van der Waals surface area (Å²) < 4.78 is 46.6. The zero-order chi connectivity index (χ0) is 25.2. The van der Waals surface area contributed by atoms with Crippen molar-refractivity contribution in [3.8, 4) is 11.5 Å². The maximum atomic E-state index is 13.7. The van der Waals surface area contributed by atoms with E-state index in [0.29, 0.717) is 10.8 Å². The van der Waals surface area contributed by atoms with Crippen molar-refractivity contribution < 1.29 is 32.9 Å². The summed E-state index contributed by atoms with van der Waals surface area (Å²) in [5.41, 5.74) is 2.94. The van der Waals surface area contributed by atoms with Crippen LogP contribution in [0, 0.1) is 6.92 Å². The zero-order valence-electron chi connectivity index (χ0n) is 18.7. The van der Waals surface area contributed by atoms with Gasteiger partial charge in [0, 0.05) is 0 Å². The molecule has 4 N–H and O–H groups in total. The molecule has 0 saturated heterocycles. The molecule has 2 aromatic carbocycles. The third-order valence-corrected chi connectivity index (χ3v) is 5.93. The van der Waals surface area contributed by atoms with Gasteiger partial charge in [-0.25, -0.2) is 0 Å². The normalized spacial score (nSPS) is 14.0. The van der Waals surface area contributed by atoms with E-state index in [1.54, 1.807) is 18.2 Å². The van der Waals surface area contributed by atoms with Crippen LogP contribution in [0.1, 0.15) is 37.8 Å². The third kappa shape index (κ3) is 8.41. The van der Waals surface area contributed by atoms with Gasteiger partial charge in [-0.2, -0.15) is 24.9 Å².